The Bertz CT molecular complexity index is 873. The van der Waals surface area contributed by atoms with E-state index in [1.165, 1.54) is 18.2 Å². The van der Waals surface area contributed by atoms with Crippen LogP contribution in [-0.4, -0.2) is 18.1 Å². The van der Waals surface area contributed by atoms with E-state index in [0.717, 1.165) is 0 Å². The minimum Gasteiger partial charge on any atom is -0.453 e. The van der Waals surface area contributed by atoms with Crippen molar-refractivity contribution < 1.29 is 13.2 Å². The van der Waals surface area contributed by atoms with E-state index in [1.54, 1.807) is 6.07 Å². The Morgan fingerprint density at radius 3 is 2.68 bits per heavy atom. The number of fused-ring (bicyclic) bond motifs is 2. The first-order valence-corrected chi connectivity index (χ1v) is 7.10. The third-order valence-corrected chi connectivity index (χ3v) is 3.23. The Balaban J connectivity index is 2.28. The number of hydrogen-bond donors (Lipinski definition) is 1. The van der Waals surface area contributed by atoms with E-state index >= 15 is 0 Å². The van der Waals surface area contributed by atoms with Gasteiger partial charge in [-0.3, -0.25) is 4.99 Å². The van der Waals surface area contributed by atoms with Crippen LogP contribution in [0.15, 0.2) is 33.7 Å². The van der Waals surface area contributed by atoms with Gasteiger partial charge in [-0.2, -0.15) is 0 Å². The van der Waals surface area contributed by atoms with Crippen molar-refractivity contribution in [2.75, 3.05) is 18.4 Å². The molecule has 0 atom stereocenters. The predicted molar refractivity (Wildman–Crippen MR) is 80.8 cm³/mol. The number of nitrogens with one attached hydrogen (secondary N) is 1. The van der Waals surface area contributed by atoms with Crippen molar-refractivity contribution in [2.45, 2.75) is 13.8 Å². The van der Waals surface area contributed by atoms with E-state index < -0.39 is 11.6 Å². The van der Waals surface area contributed by atoms with Gasteiger partial charge < -0.3 is 9.73 Å². The average Bonchev–Trinajstić information content (AvgIpc) is 2.48. The molecule has 0 fully saturated rings. The molecule has 114 valence electrons. The van der Waals surface area contributed by atoms with Crippen LogP contribution >= 0.6 is 0 Å². The standard InChI is InChI=1S/C16H15F2N3O/c1-3-19-11-7-15-13(5-9(11)17)21-14-6-10(18)12(20-4-2)8-16(14)22-15/h5-8,19H,3-4H2,1-2H3/b20-12-. The third-order valence-electron chi connectivity index (χ3n) is 3.23. The molecule has 0 radical (unpaired) electrons. The lowest BCUT2D eigenvalue weighted by Crippen LogP contribution is -2.10. The van der Waals surface area contributed by atoms with Gasteiger partial charge in [0.2, 0.25) is 0 Å². The van der Waals surface area contributed by atoms with Crippen LogP contribution < -0.4 is 10.7 Å². The minimum atomic E-state index is -0.471. The van der Waals surface area contributed by atoms with E-state index in [9.17, 15) is 8.78 Å². The number of nitrogens with zero attached hydrogens (tertiary/aromatic N) is 2. The Kier molecular flexibility index (Phi) is 3.75. The zero-order chi connectivity index (χ0) is 15.7. The number of benzene rings is 2. The molecule has 0 unspecified atom stereocenters. The lowest BCUT2D eigenvalue weighted by atomic mass is 10.2. The normalized spacial score (nSPS) is 12.3. The zero-order valence-corrected chi connectivity index (χ0v) is 12.3. The maximum atomic E-state index is 13.9. The molecule has 0 aromatic heterocycles. The van der Waals surface area contributed by atoms with Crippen molar-refractivity contribution in [2.24, 2.45) is 4.99 Å². The van der Waals surface area contributed by atoms with Crippen molar-refractivity contribution in [3.63, 3.8) is 0 Å². The summed E-state index contributed by atoms with van der Waals surface area (Å²) in [5.74, 6) is -0.481. The molecule has 4 nitrogen and oxygen atoms in total. The van der Waals surface area contributed by atoms with Crippen molar-refractivity contribution in [3.8, 4) is 11.5 Å². The minimum absolute atomic E-state index is 0.230. The number of halogens is 2. The van der Waals surface area contributed by atoms with Gasteiger partial charge in [0.05, 0.1) is 11.0 Å². The van der Waals surface area contributed by atoms with Gasteiger partial charge in [-0.15, -0.1) is 0 Å². The molecule has 0 saturated heterocycles. The molecule has 3 rings (SSSR count). The smallest absolute Gasteiger partial charge is 0.155 e. The van der Waals surface area contributed by atoms with Crippen molar-refractivity contribution in [3.05, 3.63) is 41.3 Å². The summed E-state index contributed by atoms with van der Waals surface area (Å²) in [5.41, 5.74) is 1.45. The summed E-state index contributed by atoms with van der Waals surface area (Å²) in [6.07, 6.45) is 0. The van der Waals surface area contributed by atoms with Crippen molar-refractivity contribution >= 4 is 16.8 Å². The summed E-state index contributed by atoms with van der Waals surface area (Å²) in [6, 6.07) is 5.60. The van der Waals surface area contributed by atoms with Gasteiger partial charge in [-0.1, -0.05) is 0 Å². The van der Waals surface area contributed by atoms with Crippen LogP contribution in [0.3, 0.4) is 0 Å². The molecule has 1 aliphatic heterocycles. The Morgan fingerprint density at radius 1 is 1.14 bits per heavy atom. The highest BCUT2D eigenvalue weighted by Gasteiger charge is 2.14. The molecule has 22 heavy (non-hydrogen) atoms. The number of hydrogen-bond acceptors (Lipinski definition) is 4. The third kappa shape index (κ3) is 2.52. The molecule has 1 aromatic carbocycles. The molecule has 6 heteroatoms. The van der Waals surface area contributed by atoms with E-state index in [0.29, 0.717) is 41.3 Å². The number of anilines is 1. The molecular formula is C16H15F2N3O. The molecular weight excluding hydrogens is 288 g/mol. The molecule has 0 bridgehead atoms. The fraction of sp³-hybridized carbons (Fsp3) is 0.250. The first kappa shape index (κ1) is 14.4. The molecule has 1 aliphatic carbocycles. The first-order chi connectivity index (χ1) is 10.6. The maximum Gasteiger partial charge on any atom is 0.155 e. The molecule has 1 heterocycles. The van der Waals surface area contributed by atoms with Crippen LogP contribution in [-0.2, 0) is 0 Å². The van der Waals surface area contributed by atoms with E-state index in [-0.39, 0.29) is 5.36 Å². The lowest BCUT2D eigenvalue weighted by molar-refractivity contribution is 0.585. The van der Waals surface area contributed by atoms with E-state index in [4.69, 9.17) is 4.42 Å². The number of aromatic nitrogens is 1. The summed E-state index contributed by atoms with van der Waals surface area (Å²) >= 11 is 0. The summed E-state index contributed by atoms with van der Waals surface area (Å²) in [5, 5.41) is 3.15. The monoisotopic (exact) mass is 303 g/mol. The van der Waals surface area contributed by atoms with Crippen LogP contribution in [0.1, 0.15) is 13.8 Å². The summed E-state index contributed by atoms with van der Waals surface area (Å²) in [4.78, 5) is 8.32. The molecule has 1 aromatic rings. The highest BCUT2D eigenvalue weighted by atomic mass is 19.1. The molecule has 1 N–H and O–H groups in total. The van der Waals surface area contributed by atoms with Gasteiger partial charge >= 0.3 is 0 Å². The maximum absolute atomic E-state index is 13.9. The van der Waals surface area contributed by atoms with Gasteiger partial charge in [0, 0.05) is 37.4 Å². The SMILES string of the molecule is CC/N=c1/cc2oc3cc(NCC)c(F)cc3nc-2cc1F. The second-order valence-corrected chi connectivity index (χ2v) is 4.79. The first-order valence-electron chi connectivity index (χ1n) is 7.10. The molecule has 0 saturated carbocycles. The second kappa shape index (κ2) is 5.71. The van der Waals surface area contributed by atoms with Gasteiger partial charge in [-0.25, -0.2) is 13.8 Å². The fourth-order valence-electron chi connectivity index (χ4n) is 2.28. The van der Waals surface area contributed by atoms with Crippen LogP contribution in [0.4, 0.5) is 14.5 Å². The molecule has 0 spiro atoms. The topological polar surface area (TPSA) is 50.4 Å². The zero-order valence-electron chi connectivity index (χ0n) is 12.3. The van der Waals surface area contributed by atoms with E-state index in [2.05, 4.69) is 15.3 Å². The summed E-state index contributed by atoms with van der Waals surface area (Å²) < 4.78 is 33.5. The highest BCUT2D eigenvalue weighted by Crippen LogP contribution is 2.27. The van der Waals surface area contributed by atoms with Crippen LogP contribution in [0.2, 0.25) is 0 Å². The summed E-state index contributed by atoms with van der Waals surface area (Å²) in [6.45, 7) is 4.76. The van der Waals surface area contributed by atoms with Gasteiger partial charge in [0.25, 0.3) is 0 Å². The molecule has 2 aliphatic rings. The molecule has 0 amide bonds. The van der Waals surface area contributed by atoms with Gasteiger partial charge in [0.1, 0.15) is 17.0 Å². The number of rotatable bonds is 3. The van der Waals surface area contributed by atoms with Crippen LogP contribution in [0.5, 0.6) is 0 Å². The van der Waals surface area contributed by atoms with Gasteiger partial charge in [0.15, 0.2) is 17.2 Å². The largest absolute Gasteiger partial charge is 0.453 e. The highest BCUT2D eigenvalue weighted by molar-refractivity contribution is 5.80. The van der Waals surface area contributed by atoms with Gasteiger partial charge in [-0.05, 0) is 13.8 Å². The van der Waals surface area contributed by atoms with Crippen molar-refractivity contribution in [1.82, 2.24) is 4.98 Å². The van der Waals surface area contributed by atoms with E-state index in [1.807, 2.05) is 13.8 Å². The Hall–Kier alpha value is -2.50. The average molecular weight is 303 g/mol. The van der Waals surface area contributed by atoms with Crippen LogP contribution in [0, 0.1) is 11.6 Å². The Morgan fingerprint density at radius 2 is 1.95 bits per heavy atom. The predicted octanol–water partition coefficient (Wildman–Crippen LogP) is 3.56. The second-order valence-electron chi connectivity index (χ2n) is 4.79. The Labute approximate surface area is 125 Å². The lowest BCUT2D eigenvalue weighted by Gasteiger charge is -2.09. The summed E-state index contributed by atoms with van der Waals surface area (Å²) in [7, 11) is 0. The fourth-order valence-corrected chi connectivity index (χ4v) is 2.28. The van der Waals surface area contributed by atoms with Crippen molar-refractivity contribution in [1.29, 1.82) is 0 Å². The quantitative estimate of drug-likeness (QED) is 0.753. The van der Waals surface area contributed by atoms with Crippen LogP contribution in [0.25, 0.3) is 22.6 Å².